The number of unbranched alkanes of at least 4 members (excludes halogenated alkanes) is 23. The Morgan fingerprint density at radius 2 is 0.983 bits per heavy atom. The van der Waals surface area contributed by atoms with E-state index >= 15 is 0 Å². The summed E-state index contributed by atoms with van der Waals surface area (Å²) in [6, 6.07) is -0.735. The predicted octanol–water partition coefficient (Wildman–Crippen LogP) is 15.0. The summed E-state index contributed by atoms with van der Waals surface area (Å²) in [5, 5.41) is 23.7. The number of allylic oxidation sites excluding steroid dienone is 12. The van der Waals surface area contributed by atoms with Crippen LogP contribution in [-0.4, -0.2) is 46.9 Å². The lowest BCUT2D eigenvalue weighted by molar-refractivity contribution is -0.150. The summed E-state index contributed by atoms with van der Waals surface area (Å²) < 4.78 is 5.84. The van der Waals surface area contributed by atoms with Gasteiger partial charge in [-0.25, -0.2) is 0 Å². The van der Waals surface area contributed by atoms with Crippen LogP contribution in [0.4, 0.5) is 0 Å². The van der Waals surface area contributed by atoms with Crippen molar-refractivity contribution in [1.82, 2.24) is 5.32 Å². The average Bonchev–Trinajstić information content (AvgIpc) is 3.24. The van der Waals surface area contributed by atoms with Crippen molar-refractivity contribution >= 4 is 11.9 Å². The first-order valence-electron chi connectivity index (χ1n) is 25.2. The van der Waals surface area contributed by atoms with Crippen molar-refractivity contribution in [2.24, 2.45) is 0 Å². The second kappa shape index (κ2) is 47.4. The Balaban J connectivity index is 4.61. The minimum Gasteiger partial charge on any atom is -0.462 e. The van der Waals surface area contributed by atoms with Crippen LogP contribution in [-0.2, 0) is 14.3 Å². The molecule has 0 bridgehead atoms. The molecule has 0 radical (unpaired) electrons. The molecule has 3 N–H and O–H groups in total. The molecule has 0 aromatic heterocycles. The minimum absolute atomic E-state index is 0.00696. The first-order chi connectivity index (χ1) is 29.5. The van der Waals surface area contributed by atoms with Crippen LogP contribution in [0.2, 0.25) is 0 Å². The molecule has 346 valence electrons. The molecule has 60 heavy (non-hydrogen) atoms. The molecular weight excluding hydrogens is 743 g/mol. The number of ether oxygens (including phenoxy) is 1. The maximum atomic E-state index is 13.2. The molecular formula is C54H95NO5. The molecule has 0 heterocycles. The van der Waals surface area contributed by atoms with E-state index in [4.69, 9.17) is 4.74 Å². The second-order valence-electron chi connectivity index (χ2n) is 16.9. The molecule has 0 spiro atoms. The van der Waals surface area contributed by atoms with E-state index in [0.29, 0.717) is 19.3 Å². The van der Waals surface area contributed by atoms with E-state index in [2.05, 4.69) is 56.5 Å². The molecule has 0 aromatic carbocycles. The fourth-order valence-corrected chi connectivity index (χ4v) is 7.32. The number of carbonyl (C=O) groups is 2. The van der Waals surface area contributed by atoms with Crippen molar-refractivity contribution in [1.29, 1.82) is 0 Å². The molecule has 0 saturated heterocycles. The first-order valence-corrected chi connectivity index (χ1v) is 25.2. The maximum absolute atomic E-state index is 13.2. The van der Waals surface area contributed by atoms with E-state index in [9.17, 15) is 19.8 Å². The van der Waals surface area contributed by atoms with Crippen LogP contribution >= 0.6 is 0 Å². The zero-order valence-corrected chi connectivity index (χ0v) is 39.3. The highest BCUT2D eigenvalue weighted by Crippen LogP contribution is 2.17. The van der Waals surface area contributed by atoms with Gasteiger partial charge in [-0.3, -0.25) is 9.59 Å². The Kier molecular flexibility index (Phi) is 45.2. The van der Waals surface area contributed by atoms with E-state index in [-0.39, 0.29) is 31.3 Å². The summed E-state index contributed by atoms with van der Waals surface area (Å²) in [5.74, 6) is -0.626. The standard InChI is InChI=1S/C54H95NO5/c1-4-7-10-13-16-19-22-24-25-26-27-29-31-34-37-40-43-46-52(57)51(49-56)55-53(58)48-50(45-42-39-36-33-30-21-18-15-12-9-6-3)60-54(59)47-44-41-38-35-32-28-23-20-17-14-11-8-5-2/h9,12,15,18,21,28,30,32-33,36,38,41,50-52,56-57H,4-8,10-11,13-14,16-17,19-20,22-27,29,31,34-35,37,39-40,42-49H2,1-3H3,(H,55,58)/b12-9+,18-15+,30-21-,32-28-,36-33-,41-38+. The molecule has 3 unspecified atom stereocenters. The number of hydrogen-bond donors (Lipinski definition) is 3. The zero-order valence-electron chi connectivity index (χ0n) is 39.3. The number of hydrogen-bond acceptors (Lipinski definition) is 5. The molecule has 0 aliphatic carbocycles. The number of carbonyl (C=O) groups excluding carboxylic acids is 2. The predicted molar refractivity (Wildman–Crippen MR) is 259 cm³/mol. The van der Waals surface area contributed by atoms with Crippen LogP contribution in [0.25, 0.3) is 0 Å². The van der Waals surface area contributed by atoms with Gasteiger partial charge in [0, 0.05) is 6.42 Å². The first kappa shape index (κ1) is 57.3. The van der Waals surface area contributed by atoms with Gasteiger partial charge in [-0.2, -0.15) is 0 Å². The highest BCUT2D eigenvalue weighted by atomic mass is 16.5. The Morgan fingerprint density at radius 3 is 1.52 bits per heavy atom. The van der Waals surface area contributed by atoms with Crippen LogP contribution in [0.3, 0.4) is 0 Å². The monoisotopic (exact) mass is 838 g/mol. The van der Waals surface area contributed by atoms with Crippen molar-refractivity contribution in [2.45, 2.75) is 251 Å². The van der Waals surface area contributed by atoms with Crippen LogP contribution in [0.15, 0.2) is 72.9 Å². The van der Waals surface area contributed by atoms with Gasteiger partial charge in [0.25, 0.3) is 0 Å². The Labute approximate surface area is 371 Å². The van der Waals surface area contributed by atoms with Gasteiger partial charge in [-0.15, -0.1) is 0 Å². The second-order valence-corrected chi connectivity index (χ2v) is 16.9. The van der Waals surface area contributed by atoms with Gasteiger partial charge in [0.2, 0.25) is 5.91 Å². The fraction of sp³-hybridized carbons (Fsp3) is 0.741. The summed E-state index contributed by atoms with van der Waals surface area (Å²) in [5.41, 5.74) is 0. The summed E-state index contributed by atoms with van der Waals surface area (Å²) in [6.45, 7) is 6.30. The van der Waals surface area contributed by atoms with Crippen LogP contribution in [0, 0.1) is 0 Å². The summed E-state index contributed by atoms with van der Waals surface area (Å²) in [7, 11) is 0. The molecule has 1 amide bonds. The number of rotatable bonds is 44. The van der Waals surface area contributed by atoms with Crippen LogP contribution in [0.5, 0.6) is 0 Å². The van der Waals surface area contributed by atoms with E-state index < -0.39 is 18.2 Å². The molecule has 6 heteroatoms. The number of amides is 1. The summed E-state index contributed by atoms with van der Waals surface area (Å²) >= 11 is 0. The van der Waals surface area contributed by atoms with Crippen molar-refractivity contribution < 1.29 is 24.5 Å². The lowest BCUT2D eigenvalue weighted by atomic mass is 10.0. The van der Waals surface area contributed by atoms with Crippen molar-refractivity contribution in [3.8, 4) is 0 Å². The number of nitrogens with one attached hydrogen (secondary N) is 1. The van der Waals surface area contributed by atoms with Crippen molar-refractivity contribution in [3.63, 3.8) is 0 Å². The SMILES string of the molecule is CC/C=C/C=C/C=C\C=C/CCCC(CC(=O)NC(CO)C(O)CCCCCCCCCCCCCCCCCCC)OC(=O)CC/C=C/C/C=C\CCCCCCCC. The molecule has 6 nitrogen and oxygen atoms in total. The lowest BCUT2D eigenvalue weighted by Crippen LogP contribution is -2.46. The lowest BCUT2D eigenvalue weighted by Gasteiger charge is -2.24. The van der Waals surface area contributed by atoms with Gasteiger partial charge in [0.15, 0.2) is 0 Å². The molecule has 0 saturated carbocycles. The maximum Gasteiger partial charge on any atom is 0.306 e. The van der Waals surface area contributed by atoms with Gasteiger partial charge in [0.05, 0.1) is 25.2 Å². The Morgan fingerprint density at radius 1 is 0.517 bits per heavy atom. The average molecular weight is 838 g/mol. The Bertz CT molecular complexity index is 1120. The third kappa shape index (κ3) is 42.0. The van der Waals surface area contributed by atoms with Crippen LogP contribution < -0.4 is 5.32 Å². The van der Waals surface area contributed by atoms with Crippen molar-refractivity contribution in [2.75, 3.05) is 6.61 Å². The van der Waals surface area contributed by atoms with Gasteiger partial charge in [-0.1, -0.05) is 235 Å². The summed E-state index contributed by atoms with van der Waals surface area (Å²) in [4.78, 5) is 26.0. The highest BCUT2D eigenvalue weighted by molar-refractivity contribution is 5.77. The van der Waals surface area contributed by atoms with E-state index in [1.807, 2.05) is 42.5 Å². The topological polar surface area (TPSA) is 95.9 Å². The summed E-state index contributed by atoms with van der Waals surface area (Å²) in [6.07, 6.45) is 59.9. The number of esters is 1. The van der Waals surface area contributed by atoms with E-state index in [0.717, 1.165) is 51.4 Å². The van der Waals surface area contributed by atoms with Gasteiger partial charge >= 0.3 is 5.97 Å². The smallest absolute Gasteiger partial charge is 0.306 e. The van der Waals surface area contributed by atoms with Gasteiger partial charge in [-0.05, 0) is 57.8 Å². The van der Waals surface area contributed by atoms with E-state index in [1.54, 1.807) is 0 Å². The van der Waals surface area contributed by atoms with Crippen LogP contribution in [0.1, 0.15) is 233 Å². The molecule has 0 rings (SSSR count). The fourth-order valence-electron chi connectivity index (χ4n) is 7.32. The molecule has 0 aromatic rings. The quantitative estimate of drug-likeness (QED) is 0.0246. The van der Waals surface area contributed by atoms with Gasteiger partial charge < -0.3 is 20.3 Å². The third-order valence-electron chi connectivity index (χ3n) is 11.1. The molecule has 0 aliphatic rings. The normalized spacial score (nSPS) is 13.9. The highest BCUT2D eigenvalue weighted by Gasteiger charge is 2.23. The largest absolute Gasteiger partial charge is 0.462 e. The number of aliphatic hydroxyl groups is 2. The zero-order chi connectivity index (χ0) is 43.8. The molecule has 0 fully saturated rings. The third-order valence-corrected chi connectivity index (χ3v) is 11.1. The number of aliphatic hydroxyl groups excluding tert-OH is 2. The molecule has 0 aliphatic heterocycles. The minimum atomic E-state index is -0.816. The Hall–Kier alpha value is -2.70. The van der Waals surface area contributed by atoms with Crippen molar-refractivity contribution in [3.05, 3.63) is 72.9 Å². The molecule has 3 atom stereocenters. The van der Waals surface area contributed by atoms with Gasteiger partial charge in [0.1, 0.15) is 6.10 Å². The van der Waals surface area contributed by atoms with E-state index in [1.165, 1.54) is 128 Å².